The highest BCUT2D eigenvalue weighted by atomic mass is 32.1. The minimum atomic E-state index is -0.412. The summed E-state index contributed by atoms with van der Waals surface area (Å²) in [4.78, 5) is 12.5. The first-order chi connectivity index (χ1) is 9.56. The molecule has 0 bridgehead atoms. The van der Waals surface area contributed by atoms with E-state index in [-0.39, 0.29) is 11.6 Å². The van der Waals surface area contributed by atoms with Crippen LogP contribution in [0.1, 0.15) is 11.3 Å². The predicted molar refractivity (Wildman–Crippen MR) is 75.2 cm³/mol. The first kappa shape index (κ1) is 12.7. The highest BCUT2D eigenvalue weighted by molar-refractivity contribution is 7.07. The molecular formula is C13H11FN4OS. The molecule has 0 saturated heterocycles. The van der Waals surface area contributed by atoms with Gasteiger partial charge in [-0.2, -0.15) is 0 Å². The van der Waals surface area contributed by atoms with E-state index in [1.165, 1.54) is 29.5 Å². The summed E-state index contributed by atoms with van der Waals surface area (Å²) in [6.45, 7) is 1.95. The summed E-state index contributed by atoms with van der Waals surface area (Å²) in [7, 11) is 1.87. The van der Waals surface area contributed by atoms with E-state index in [1.807, 2.05) is 23.9 Å². The molecule has 1 N–H and O–H groups in total. The highest BCUT2D eigenvalue weighted by Gasteiger charge is 2.26. The number of rotatable bonds is 1. The predicted octanol–water partition coefficient (Wildman–Crippen LogP) is 1.79. The van der Waals surface area contributed by atoms with Gasteiger partial charge in [-0.3, -0.25) is 4.79 Å². The van der Waals surface area contributed by atoms with Crippen molar-refractivity contribution >= 4 is 28.6 Å². The maximum Gasteiger partial charge on any atom is 0.276 e. The number of fused-ring (bicyclic) bond motifs is 1. The minimum absolute atomic E-state index is 0.130. The Labute approximate surface area is 118 Å². The van der Waals surface area contributed by atoms with Gasteiger partial charge in [0.1, 0.15) is 5.82 Å². The average Bonchev–Trinajstić information content (AvgIpc) is 2.89. The number of hydrogen-bond donors (Lipinski definition) is 1. The molecule has 3 rings (SSSR count). The molecule has 2 heterocycles. The van der Waals surface area contributed by atoms with Gasteiger partial charge in [0.2, 0.25) is 4.80 Å². The Morgan fingerprint density at radius 3 is 2.85 bits per heavy atom. The molecular weight excluding hydrogens is 279 g/mol. The molecule has 20 heavy (non-hydrogen) atoms. The number of carbonyl (C=O) groups excluding carboxylic acids is 1. The topological polar surface area (TPSA) is 58.8 Å². The lowest BCUT2D eigenvalue weighted by atomic mass is 10.1. The largest absolute Gasteiger partial charge is 0.323 e. The number of aromatic nitrogens is 1. The van der Waals surface area contributed by atoms with Crippen LogP contribution in [0, 0.1) is 12.7 Å². The quantitative estimate of drug-likeness (QED) is 0.800. The second kappa shape index (κ2) is 4.68. The summed E-state index contributed by atoms with van der Waals surface area (Å²) >= 11 is 1.43. The second-order valence-corrected chi connectivity index (χ2v) is 5.25. The van der Waals surface area contributed by atoms with Crippen LogP contribution in [0.15, 0.2) is 33.8 Å². The van der Waals surface area contributed by atoms with Crippen molar-refractivity contribution in [2.24, 2.45) is 17.3 Å². The van der Waals surface area contributed by atoms with Crippen molar-refractivity contribution in [3.05, 3.63) is 45.5 Å². The molecule has 0 aliphatic carbocycles. The van der Waals surface area contributed by atoms with Crippen molar-refractivity contribution in [1.29, 1.82) is 0 Å². The molecule has 0 atom stereocenters. The zero-order valence-electron chi connectivity index (χ0n) is 10.8. The fourth-order valence-corrected chi connectivity index (χ4v) is 2.68. The third-order valence-corrected chi connectivity index (χ3v) is 4.11. The molecule has 2 aromatic rings. The van der Waals surface area contributed by atoms with Gasteiger partial charge in [-0.15, -0.1) is 21.5 Å². The van der Waals surface area contributed by atoms with E-state index in [1.54, 1.807) is 0 Å². The van der Waals surface area contributed by atoms with Gasteiger partial charge in [0, 0.05) is 23.7 Å². The van der Waals surface area contributed by atoms with Crippen LogP contribution >= 0.6 is 11.3 Å². The van der Waals surface area contributed by atoms with E-state index in [0.717, 1.165) is 5.69 Å². The van der Waals surface area contributed by atoms with Crippen molar-refractivity contribution in [3.8, 4) is 0 Å². The summed E-state index contributed by atoms with van der Waals surface area (Å²) in [5.74, 6) is -0.782. The number of aryl methyl sites for hydroxylation is 1. The lowest BCUT2D eigenvalue weighted by Gasteiger charge is -1.96. The third kappa shape index (κ3) is 2.05. The molecule has 1 aliphatic rings. The first-order valence-electron chi connectivity index (χ1n) is 5.90. The van der Waals surface area contributed by atoms with Gasteiger partial charge in [0.15, 0.2) is 5.71 Å². The minimum Gasteiger partial charge on any atom is -0.323 e. The Bertz CT molecular complexity index is 803. The van der Waals surface area contributed by atoms with Gasteiger partial charge in [-0.25, -0.2) is 4.39 Å². The maximum absolute atomic E-state index is 13.3. The van der Waals surface area contributed by atoms with Crippen LogP contribution in [-0.4, -0.2) is 16.2 Å². The Hall–Kier alpha value is -2.28. The van der Waals surface area contributed by atoms with Gasteiger partial charge in [-0.05, 0) is 25.1 Å². The van der Waals surface area contributed by atoms with E-state index >= 15 is 0 Å². The number of nitrogens with zero attached hydrogens (tertiary/aromatic N) is 3. The number of hydrogen-bond acceptors (Lipinski definition) is 4. The van der Waals surface area contributed by atoms with Crippen LogP contribution in [0.4, 0.5) is 10.1 Å². The molecule has 1 amide bonds. The smallest absolute Gasteiger partial charge is 0.276 e. The number of amides is 1. The molecule has 5 nitrogen and oxygen atoms in total. The zero-order chi connectivity index (χ0) is 14.3. The Balaban J connectivity index is 2.10. The number of anilines is 1. The van der Waals surface area contributed by atoms with Crippen LogP contribution in [-0.2, 0) is 11.8 Å². The molecule has 0 saturated carbocycles. The fraction of sp³-hybridized carbons (Fsp3) is 0.154. The third-order valence-electron chi connectivity index (χ3n) is 3.09. The Kier molecular flexibility index (Phi) is 2.98. The monoisotopic (exact) mass is 290 g/mol. The number of nitrogens with one attached hydrogen (secondary N) is 1. The molecule has 0 spiro atoms. The summed E-state index contributed by atoms with van der Waals surface area (Å²) in [6, 6.07) is 4.09. The number of thiazole rings is 1. The highest BCUT2D eigenvalue weighted by Crippen LogP contribution is 2.24. The standard InChI is InChI=1S/C13H11FN4OS/c1-7-6-20-13(18(7)2)17-16-11-9-5-8(14)3-4-10(9)15-12(11)19/h3-6H,1-2H3,(H,15,16,19). The molecule has 1 aromatic carbocycles. The van der Waals surface area contributed by atoms with Crippen LogP contribution in [0.25, 0.3) is 0 Å². The first-order valence-corrected chi connectivity index (χ1v) is 6.78. The van der Waals surface area contributed by atoms with E-state index in [4.69, 9.17) is 0 Å². The molecule has 7 heteroatoms. The summed E-state index contributed by atoms with van der Waals surface area (Å²) < 4.78 is 15.1. The lowest BCUT2D eigenvalue weighted by Crippen LogP contribution is -2.15. The zero-order valence-corrected chi connectivity index (χ0v) is 11.7. The summed E-state index contributed by atoms with van der Waals surface area (Å²) in [6.07, 6.45) is 0. The molecule has 0 fully saturated rings. The van der Waals surface area contributed by atoms with Crippen LogP contribution in [0.2, 0.25) is 0 Å². The number of carbonyl (C=O) groups is 1. The van der Waals surface area contributed by atoms with Crippen LogP contribution < -0.4 is 10.1 Å². The van der Waals surface area contributed by atoms with Gasteiger partial charge in [0.05, 0.1) is 5.69 Å². The molecule has 1 aromatic heterocycles. The van der Waals surface area contributed by atoms with Crippen molar-refractivity contribution < 1.29 is 9.18 Å². The van der Waals surface area contributed by atoms with Gasteiger partial charge in [0.25, 0.3) is 5.91 Å². The van der Waals surface area contributed by atoms with E-state index in [9.17, 15) is 9.18 Å². The Morgan fingerprint density at radius 1 is 1.35 bits per heavy atom. The number of benzene rings is 1. The Morgan fingerprint density at radius 2 is 2.15 bits per heavy atom. The molecule has 0 unspecified atom stereocenters. The summed E-state index contributed by atoms with van der Waals surface area (Å²) in [5, 5.41) is 12.6. The second-order valence-electron chi connectivity index (χ2n) is 4.41. The van der Waals surface area contributed by atoms with Crippen molar-refractivity contribution in [2.75, 3.05) is 5.32 Å². The van der Waals surface area contributed by atoms with Gasteiger partial charge in [-0.1, -0.05) is 0 Å². The van der Waals surface area contributed by atoms with E-state index in [2.05, 4.69) is 15.5 Å². The molecule has 1 aliphatic heterocycles. The SMILES string of the molecule is Cc1csc(=NN=C2C(=O)Nc3ccc(F)cc32)n1C. The van der Waals surface area contributed by atoms with E-state index < -0.39 is 5.82 Å². The van der Waals surface area contributed by atoms with Crippen LogP contribution in [0.3, 0.4) is 0 Å². The van der Waals surface area contributed by atoms with Crippen molar-refractivity contribution in [1.82, 2.24) is 4.57 Å². The van der Waals surface area contributed by atoms with E-state index in [0.29, 0.717) is 16.1 Å². The maximum atomic E-state index is 13.3. The van der Waals surface area contributed by atoms with Gasteiger partial charge >= 0.3 is 0 Å². The van der Waals surface area contributed by atoms with Crippen LogP contribution in [0.5, 0.6) is 0 Å². The average molecular weight is 290 g/mol. The lowest BCUT2D eigenvalue weighted by molar-refractivity contribution is -0.110. The molecule has 102 valence electrons. The number of halogens is 1. The van der Waals surface area contributed by atoms with Gasteiger partial charge < -0.3 is 9.88 Å². The van der Waals surface area contributed by atoms with Crippen molar-refractivity contribution in [3.63, 3.8) is 0 Å². The molecule has 0 radical (unpaired) electrons. The van der Waals surface area contributed by atoms with Crippen molar-refractivity contribution in [2.45, 2.75) is 6.92 Å². The fourth-order valence-electron chi connectivity index (χ4n) is 1.85. The summed E-state index contributed by atoms with van der Waals surface area (Å²) in [5.41, 5.74) is 2.17. The normalized spacial score (nSPS) is 16.6.